The Bertz CT molecular complexity index is 1060. The minimum absolute atomic E-state index is 0.0176. The summed E-state index contributed by atoms with van der Waals surface area (Å²) in [5.41, 5.74) is 0. The summed E-state index contributed by atoms with van der Waals surface area (Å²) in [7, 11) is 0. The molecule has 38 heavy (non-hydrogen) atoms. The van der Waals surface area contributed by atoms with Crippen LogP contribution < -0.4 is 20.7 Å². The molecular weight excluding hydrogens is 498 g/mol. The van der Waals surface area contributed by atoms with E-state index in [1.807, 2.05) is 6.07 Å². The van der Waals surface area contributed by atoms with Crippen molar-refractivity contribution >= 4 is 23.6 Å². The van der Waals surface area contributed by atoms with Crippen LogP contribution in [-0.2, 0) is 23.9 Å². The lowest BCUT2D eigenvalue weighted by atomic mass is 10.0. The molecule has 5 rings (SSSR count). The molecular formula is C25H33N5O8. The molecule has 5 N–H and O–H groups in total. The van der Waals surface area contributed by atoms with Gasteiger partial charge < -0.3 is 45.4 Å². The summed E-state index contributed by atoms with van der Waals surface area (Å²) in [6.45, 7) is 0.335. The molecule has 0 unspecified atom stereocenters. The van der Waals surface area contributed by atoms with Gasteiger partial charge in [0, 0.05) is 32.2 Å². The lowest BCUT2D eigenvalue weighted by molar-refractivity contribution is -0.150. The van der Waals surface area contributed by atoms with E-state index in [1.54, 1.807) is 29.2 Å². The summed E-state index contributed by atoms with van der Waals surface area (Å²) in [4.78, 5) is 55.2. The van der Waals surface area contributed by atoms with Gasteiger partial charge in [-0.1, -0.05) is 18.2 Å². The van der Waals surface area contributed by atoms with Crippen molar-refractivity contribution in [2.75, 3.05) is 39.3 Å². The predicted octanol–water partition coefficient (Wildman–Crippen LogP) is -3.04. The van der Waals surface area contributed by atoms with Crippen LogP contribution in [0.3, 0.4) is 0 Å². The van der Waals surface area contributed by atoms with Crippen molar-refractivity contribution in [1.29, 1.82) is 0 Å². The Morgan fingerprint density at radius 1 is 1.05 bits per heavy atom. The number of aliphatic hydroxyl groups is 2. The van der Waals surface area contributed by atoms with Gasteiger partial charge >= 0.3 is 0 Å². The van der Waals surface area contributed by atoms with Gasteiger partial charge in [-0.05, 0) is 18.6 Å². The van der Waals surface area contributed by atoms with Crippen molar-refractivity contribution in [3.63, 3.8) is 0 Å². The van der Waals surface area contributed by atoms with E-state index in [4.69, 9.17) is 9.47 Å². The number of carbonyl (C=O) groups excluding carboxylic acids is 4. The van der Waals surface area contributed by atoms with Gasteiger partial charge in [-0.3, -0.25) is 19.2 Å². The molecule has 0 radical (unpaired) electrons. The first-order chi connectivity index (χ1) is 18.3. The molecule has 4 amide bonds. The highest BCUT2D eigenvalue weighted by Gasteiger charge is 2.45. The maximum Gasteiger partial charge on any atom is 0.261 e. The molecule has 4 fully saturated rings. The van der Waals surface area contributed by atoms with Crippen LogP contribution in [0.25, 0.3) is 0 Å². The zero-order valence-corrected chi connectivity index (χ0v) is 20.8. The second-order valence-electron chi connectivity index (χ2n) is 10.1. The van der Waals surface area contributed by atoms with E-state index in [0.29, 0.717) is 18.7 Å². The Kier molecular flexibility index (Phi) is 7.79. The number of hydrogen-bond acceptors (Lipinski definition) is 9. The first-order valence-corrected chi connectivity index (χ1v) is 12.9. The van der Waals surface area contributed by atoms with E-state index in [-0.39, 0.29) is 57.1 Å². The summed E-state index contributed by atoms with van der Waals surface area (Å²) < 4.78 is 11.3. The third-order valence-electron chi connectivity index (χ3n) is 7.54. The quantitative estimate of drug-likeness (QED) is 0.272. The number of carbonyl (C=O) groups is 4. The maximum absolute atomic E-state index is 13.3. The van der Waals surface area contributed by atoms with Crippen molar-refractivity contribution in [3.8, 4) is 5.75 Å². The molecule has 4 saturated heterocycles. The third-order valence-corrected chi connectivity index (χ3v) is 7.54. The van der Waals surface area contributed by atoms with Crippen molar-refractivity contribution in [2.45, 2.75) is 55.4 Å². The van der Waals surface area contributed by atoms with Crippen LogP contribution in [0, 0.1) is 0 Å². The number of amides is 4. The molecule has 0 spiro atoms. The van der Waals surface area contributed by atoms with E-state index >= 15 is 0 Å². The maximum atomic E-state index is 13.3. The molecule has 4 aliphatic heterocycles. The number of para-hydroxylation sites is 1. The molecule has 0 saturated carbocycles. The number of nitrogens with zero attached hydrogens (tertiary/aromatic N) is 2. The molecule has 7 atom stereocenters. The van der Waals surface area contributed by atoms with Crippen LogP contribution in [0.1, 0.15) is 12.8 Å². The molecule has 13 heteroatoms. The van der Waals surface area contributed by atoms with Gasteiger partial charge in [0.1, 0.15) is 30.1 Å². The van der Waals surface area contributed by atoms with Gasteiger partial charge in [-0.15, -0.1) is 0 Å². The smallest absolute Gasteiger partial charge is 0.261 e. The number of aliphatic hydroxyl groups excluding tert-OH is 2. The monoisotopic (exact) mass is 531 g/mol. The SMILES string of the molecule is O=C1C[C@@H]2O[C@H](CNC(=O)[C@@H]3CN(CCN3C(=O)COc3ccccc3)C(=O)[C@@H]3C[C@@H](CN3)N1)[C@@H](O)[C@H]2O. The minimum Gasteiger partial charge on any atom is -0.484 e. The second kappa shape index (κ2) is 11.2. The van der Waals surface area contributed by atoms with Gasteiger partial charge in [0.25, 0.3) is 5.91 Å². The van der Waals surface area contributed by atoms with Crippen LogP contribution in [0.15, 0.2) is 30.3 Å². The average molecular weight is 532 g/mol. The number of fused-ring (bicyclic) bond motifs is 6. The van der Waals surface area contributed by atoms with Crippen LogP contribution in [-0.4, -0.2) is 126 Å². The Morgan fingerprint density at radius 3 is 2.61 bits per heavy atom. The Morgan fingerprint density at radius 2 is 1.82 bits per heavy atom. The lowest BCUT2D eigenvalue weighted by Gasteiger charge is -2.41. The summed E-state index contributed by atoms with van der Waals surface area (Å²) in [5.74, 6) is -0.959. The fraction of sp³-hybridized carbons (Fsp3) is 0.600. The van der Waals surface area contributed by atoms with E-state index in [0.717, 1.165) is 0 Å². The topological polar surface area (TPSA) is 170 Å². The Balaban J connectivity index is 1.33. The molecule has 4 aliphatic rings. The van der Waals surface area contributed by atoms with Crippen LogP contribution >= 0.6 is 0 Å². The van der Waals surface area contributed by atoms with Crippen LogP contribution in [0.2, 0.25) is 0 Å². The molecule has 4 heterocycles. The number of benzene rings is 1. The summed E-state index contributed by atoms with van der Waals surface area (Å²) in [5, 5.41) is 29.5. The van der Waals surface area contributed by atoms with Crippen molar-refractivity contribution in [2.24, 2.45) is 0 Å². The molecule has 1 aromatic rings. The van der Waals surface area contributed by atoms with Crippen molar-refractivity contribution in [1.82, 2.24) is 25.8 Å². The lowest BCUT2D eigenvalue weighted by Crippen LogP contribution is -2.64. The van der Waals surface area contributed by atoms with Crippen molar-refractivity contribution in [3.05, 3.63) is 30.3 Å². The normalized spacial score (nSPS) is 34.1. The van der Waals surface area contributed by atoms with Gasteiger partial charge in [0.15, 0.2) is 6.61 Å². The zero-order chi connectivity index (χ0) is 26.8. The predicted molar refractivity (Wildman–Crippen MR) is 131 cm³/mol. The first-order valence-electron chi connectivity index (χ1n) is 12.9. The zero-order valence-electron chi connectivity index (χ0n) is 20.8. The summed E-state index contributed by atoms with van der Waals surface area (Å²) in [6.07, 6.45) is -4.29. The summed E-state index contributed by atoms with van der Waals surface area (Å²) >= 11 is 0. The number of ether oxygens (including phenoxy) is 2. The van der Waals surface area contributed by atoms with E-state index in [2.05, 4.69) is 16.0 Å². The Hall–Kier alpha value is -3.26. The van der Waals surface area contributed by atoms with Crippen molar-refractivity contribution < 1.29 is 38.9 Å². The standard InChI is InChI=1S/C25H33N5O8/c31-20-9-18-22(33)23(34)19(38-18)11-27-24(35)17-12-29(25(36)16-8-14(28-20)10-26-16)6-7-30(17)21(32)13-37-15-4-2-1-3-5-15/h1-5,14,16-19,22-23,26,33-34H,6-13H2,(H,27,35)(H,28,31)/t14-,16-,17-,18-,19+,22-,23+/m0/s1. The minimum atomic E-state index is -1.30. The number of hydrogen-bond donors (Lipinski definition) is 5. The second-order valence-corrected chi connectivity index (χ2v) is 10.1. The number of rotatable bonds is 3. The van der Waals surface area contributed by atoms with E-state index in [1.165, 1.54) is 4.90 Å². The molecule has 1 aromatic carbocycles. The van der Waals surface area contributed by atoms with Crippen LogP contribution in [0.5, 0.6) is 5.75 Å². The van der Waals surface area contributed by atoms with Gasteiger partial charge in [-0.2, -0.15) is 0 Å². The molecule has 0 aliphatic carbocycles. The number of piperazine rings is 1. The first kappa shape index (κ1) is 26.4. The largest absolute Gasteiger partial charge is 0.484 e. The van der Waals surface area contributed by atoms with E-state index < -0.39 is 48.3 Å². The molecule has 6 bridgehead atoms. The van der Waals surface area contributed by atoms with Crippen LogP contribution in [0.4, 0.5) is 0 Å². The Labute approximate surface area is 219 Å². The molecule has 206 valence electrons. The number of nitrogens with one attached hydrogen (secondary N) is 3. The van der Waals surface area contributed by atoms with Gasteiger partial charge in [-0.25, -0.2) is 0 Å². The average Bonchev–Trinajstić information content (AvgIpc) is 3.49. The summed E-state index contributed by atoms with van der Waals surface area (Å²) in [6, 6.07) is 7.03. The third kappa shape index (κ3) is 5.60. The highest BCUT2D eigenvalue weighted by atomic mass is 16.5. The van der Waals surface area contributed by atoms with Gasteiger partial charge in [0.05, 0.1) is 25.1 Å². The highest BCUT2D eigenvalue weighted by molar-refractivity contribution is 5.90. The van der Waals surface area contributed by atoms with E-state index in [9.17, 15) is 29.4 Å². The fourth-order valence-corrected chi connectivity index (χ4v) is 5.46. The fourth-order valence-electron chi connectivity index (χ4n) is 5.46. The molecule has 13 nitrogen and oxygen atoms in total. The van der Waals surface area contributed by atoms with Gasteiger partial charge in [0.2, 0.25) is 17.7 Å². The highest BCUT2D eigenvalue weighted by Crippen LogP contribution is 2.24. The molecule has 0 aromatic heterocycles.